The summed E-state index contributed by atoms with van der Waals surface area (Å²) in [6.45, 7) is 3.64. The van der Waals surface area contributed by atoms with Crippen molar-refractivity contribution in [1.29, 1.82) is 0 Å². The Balaban J connectivity index is 1.27. The Morgan fingerprint density at radius 2 is 1.76 bits per heavy atom. The van der Waals surface area contributed by atoms with Gasteiger partial charge in [0.05, 0.1) is 25.2 Å². The smallest absolute Gasteiger partial charge is 0.257 e. The average molecular weight is 506 g/mol. The van der Waals surface area contributed by atoms with Crippen molar-refractivity contribution in [3.63, 3.8) is 0 Å². The molecule has 8 heteroatoms. The molecule has 1 aromatic heterocycles. The molecule has 0 saturated carbocycles. The number of likely N-dealkylation sites (tertiary alicyclic amines) is 1. The fraction of sp³-hybridized carbons (Fsp3) is 0.483. The fourth-order valence-electron chi connectivity index (χ4n) is 5.33. The topological polar surface area (TPSA) is 85.1 Å². The van der Waals surface area contributed by atoms with Crippen LogP contribution in [0.5, 0.6) is 5.75 Å². The number of piperidine rings is 1. The lowest BCUT2D eigenvalue weighted by atomic mass is 9.75. The molecule has 3 aromatic rings. The lowest BCUT2D eigenvalue weighted by Gasteiger charge is -2.42. The van der Waals surface area contributed by atoms with Gasteiger partial charge in [-0.2, -0.15) is 0 Å². The Morgan fingerprint density at radius 1 is 0.973 bits per heavy atom. The highest BCUT2D eigenvalue weighted by atomic mass is 16.5. The number of hydrogen-bond acceptors (Lipinski definition) is 6. The van der Waals surface area contributed by atoms with Gasteiger partial charge in [-0.25, -0.2) is 0 Å². The van der Waals surface area contributed by atoms with E-state index in [4.69, 9.17) is 14.0 Å². The Bertz CT molecular complexity index is 1230. The first-order valence-electron chi connectivity index (χ1n) is 13.2. The van der Waals surface area contributed by atoms with Crippen LogP contribution in [0, 0.1) is 5.41 Å². The largest absolute Gasteiger partial charge is 0.492 e. The summed E-state index contributed by atoms with van der Waals surface area (Å²) in [4.78, 5) is 29.8. The molecule has 37 heavy (non-hydrogen) atoms. The van der Waals surface area contributed by atoms with Gasteiger partial charge in [0.25, 0.3) is 5.91 Å². The van der Waals surface area contributed by atoms with Gasteiger partial charge in [0.2, 0.25) is 5.91 Å². The van der Waals surface area contributed by atoms with E-state index < -0.39 is 0 Å². The quantitative estimate of drug-likeness (QED) is 0.515. The molecule has 8 nitrogen and oxygen atoms in total. The number of carbonyl (C=O) groups excluding carboxylic acids is 2. The number of likely N-dealkylation sites (N-methyl/N-ethyl adjacent to an activating group) is 1. The van der Waals surface area contributed by atoms with Crippen molar-refractivity contribution < 1.29 is 23.6 Å². The average Bonchev–Trinajstić information content (AvgIpc) is 3.33. The number of para-hydroxylation sites is 2. The molecule has 0 atom stereocenters. The van der Waals surface area contributed by atoms with Crippen LogP contribution in [-0.2, 0) is 16.0 Å². The van der Waals surface area contributed by atoms with Crippen molar-refractivity contribution in [2.24, 2.45) is 5.41 Å². The van der Waals surface area contributed by atoms with Crippen molar-refractivity contribution in [1.82, 2.24) is 15.0 Å². The lowest BCUT2D eigenvalue weighted by molar-refractivity contribution is -0.133. The fourth-order valence-corrected chi connectivity index (χ4v) is 5.33. The summed E-state index contributed by atoms with van der Waals surface area (Å²) in [6, 6.07) is 15.1. The third-order valence-electron chi connectivity index (χ3n) is 7.76. The van der Waals surface area contributed by atoms with Crippen molar-refractivity contribution in [2.45, 2.75) is 38.5 Å². The Morgan fingerprint density at radius 3 is 2.62 bits per heavy atom. The van der Waals surface area contributed by atoms with Crippen LogP contribution in [0.25, 0.3) is 11.0 Å². The maximum absolute atomic E-state index is 13.1. The van der Waals surface area contributed by atoms with Gasteiger partial charge in [0.1, 0.15) is 11.4 Å². The highest BCUT2D eigenvalue weighted by Crippen LogP contribution is 2.38. The first-order chi connectivity index (χ1) is 18.0. The zero-order valence-electron chi connectivity index (χ0n) is 21.5. The Kier molecular flexibility index (Phi) is 7.74. The SMILES string of the molecule is CN1CCOCCCCC2(CCN(C(=O)Cc3noc4ccccc34)CC2)COc2ccccc2C1=O. The van der Waals surface area contributed by atoms with Gasteiger partial charge in [0.15, 0.2) is 5.58 Å². The number of benzene rings is 2. The molecule has 2 aliphatic rings. The minimum atomic E-state index is -0.0638. The molecule has 1 saturated heterocycles. The van der Waals surface area contributed by atoms with Crippen LogP contribution in [0.3, 0.4) is 0 Å². The second-order valence-electron chi connectivity index (χ2n) is 10.3. The zero-order valence-corrected chi connectivity index (χ0v) is 21.5. The van der Waals surface area contributed by atoms with E-state index in [0.29, 0.717) is 62.0 Å². The second-order valence-corrected chi connectivity index (χ2v) is 10.3. The monoisotopic (exact) mass is 505 g/mol. The normalized spacial score (nSPS) is 19.3. The van der Waals surface area contributed by atoms with Crippen LogP contribution in [0.1, 0.15) is 48.2 Å². The number of hydrogen-bond donors (Lipinski definition) is 0. The van der Waals surface area contributed by atoms with Gasteiger partial charge in [0, 0.05) is 44.1 Å². The number of fused-ring (bicyclic) bond motifs is 2. The molecule has 196 valence electrons. The van der Waals surface area contributed by atoms with E-state index in [0.717, 1.165) is 37.5 Å². The molecule has 0 radical (unpaired) electrons. The molecule has 2 aliphatic heterocycles. The van der Waals surface area contributed by atoms with Crippen LogP contribution in [-0.4, -0.2) is 73.3 Å². The van der Waals surface area contributed by atoms with Crippen LogP contribution >= 0.6 is 0 Å². The number of aromatic nitrogens is 1. The molecule has 5 rings (SSSR count). The molecule has 0 bridgehead atoms. The van der Waals surface area contributed by atoms with Crippen LogP contribution in [0.15, 0.2) is 53.1 Å². The predicted molar refractivity (Wildman–Crippen MR) is 140 cm³/mol. The lowest BCUT2D eigenvalue weighted by Crippen LogP contribution is -2.46. The van der Waals surface area contributed by atoms with Gasteiger partial charge in [-0.3, -0.25) is 9.59 Å². The third-order valence-corrected chi connectivity index (χ3v) is 7.76. The van der Waals surface area contributed by atoms with E-state index in [-0.39, 0.29) is 23.7 Å². The van der Waals surface area contributed by atoms with Crippen LogP contribution in [0.2, 0.25) is 0 Å². The molecule has 3 heterocycles. The van der Waals surface area contributed by atoms with E-state index in [1.165, 1.54) is 0 Å². The molecule has 1 spiro atoms. The van der Waals surface area contributed by atoms with Crippen LogP contribution in [0.4, 0.5) is 0 Å². The van der Waals surface area contributed by atoms with Crippen molar-refractivity contribution in [2.75, 3.05) is 46.5 Å². The molecule has 2 amide bonds. The first kappa shape index (κ1) is 25.3. The summed E-state index contributed by atoms with van der Waals surface area (Å²) in [5, 5.41) is 5.03. The summed E-state index contributed by atoms with van der Waals surface area (Å²) in [5.41, 5.74) is 1.91. The van der Waals surface area contributed by atoms with Crippen molar-refractivity contribution in [3.8, 4) is 5.75 Å². The van der Waals surface area contributed by atoms with E-state index in [1.807, 2.05) is 53.4 Å². The summed E-state index contributed by atoms with van der Waals surface area (Å²) in [6.07, 6.45) is 4.96. The second kappa shape index (κ2) is 11.3. The zero-order chi connectivity index (χ0) is 25.7. The molecule has 1 fully saturated rings. The van der Waals surface area contributed by atoms with E-state index >= 15 is 0 Å². The van der Waals surface area contributed by atoms with E-state index in [2.05, 4.69) is 5.16 Å². The predicted octanol–water partition coefficient (Wildman–Crippen LogP) is 4.33. The highest BCUT2D eigenvalue weighted by Gasteiger charge is 2.37. The Hall–Kier alpha value is -3.39. The number of carbonyl (C=O) groups is 2. The van der Waals surface area contributed by atoms with Gasteiger partial charge >= 0.3 is 0 Å². The van der Waals surface area contributed by atoms with Crippen molar-refractivity contribution >= 4 is 22.8 Å². The summed E-state index contributed by atoms with van der Waals surface area (Å²) < 4.78 is 17.5. The van der Waals surface area contributed by atoms with Gasteiger partial charge in [-0.05, 0) is 49.9 Å². The maximum Gasteiger partial charge on any atom is 0.257 e. The van der Waals surface area contributed by atoms with Gasteiger partial charge < -0.3 is 23.8 Å². The number of amides is 2. The number of nitrogens with zero attached hydrogens (tertiary/aromatic N) is 3. The highest BCUT2D eigenvalue weighted by molar-refractivity contribution is 5.96. The minimum absolute atomic E-state index is 0.0520. The summed E-state index contributed by atoms with van der Waals surface area (Å²) in [7, 11) is 1.80. The third kappa shape index (κ3) is 5.80. The van der Waals surface area contributed by atoms with Crippen molar-refractivity contribution in [3.05, 3.63) is 59.8 Å². The minimum Gasteiger partial charge on any atom is -0.492 e. The standard InChI is InChI=1S/C29H35N3O5/c1-31-17-19-35-18-7-6-12-29(21-36-25-10-4-3-9-23(25)28(31)34)13-15-32(16-14-29)27(33)20-24-22-8-2-5-11-26(22)37-30-24/h2-5,8-11H,6-7,12-21H2,1H3. The van der Waals surface area contributed by atoms with Crippen LogP contribution < -0.4 is 4.74 Å². The molecule has 2 aromatic carbocycles. The molecule has 0 unspecified atom stereocenters. The Labute approximate surface area is 217 Å². The summed E-state index contributed by atoms with van der Waals surface area (Å²) in [5.74, 6) is 0.627. The number of rotatable bonds is 2. The van der Waals surface area contributed by atoms with E-state index in [1.54, 1.807) is 11.9 Å². The maximum atomic E-state index is 13.1. The number of ether oxygens (including phenoxy) is 2. The van der Waals surface area contributed by atoms with Gasteiger partial charge in [-0.15, -0.1) is 0 Å². The van der Waals surface area contributed by atoms with Gasteiger partial charge in [-0.1, -0.05) is 35.8 Å². The summed E-state index contributed by atoms with van der Waals surface area (Å²) >= 11 is 0. The molecule has 0 aliphatic carbocycles. The van der Waals surface area contributed by atoms with E-state index in [9.17, 15) is 9.59 Å². The molecular formula is C29H35N3O5. The first-order valence-corrected chi connectivity index (χ1v) is 13.2. The molecule has 0 N–H and O–H groups in total. The molecular weight excluding hydrogens is 470 g/mol.